The van der Waals surface area contributed by atoms with E-state index in [0.29, 0.717) is 6.42 Å². The second-order valence-corrected chi connectivity index (χ2v) is 9.30. The van der Waals surface area contributed by atoms with Crippen molar-refractivity contribution in [3.8, 4) is 0 Å². The van der Waals surface area contributed by atoms with Gasteiger partial charge in [0.2, 0.25) is 0 Å². The molecule has 3 rings (SSSR count). The first-order chi connectivity index (χ1) is 12.8. The molecule has 1 amide bonds. The average molecular weight is 416 g/mol. The van der Waals surface area contributed by atoms with E-state index in [1.165, 1.54) is 24.3 Å². The summed E-state index contributed by atoms with van der Waals surface area (Å²) in [6.45, 7) is -0.485. The number of amides is 1. The number of hydrogen-bond acceptors (Lipinski definition) is 5. The number of hydrogen-bond donors (Lipinski definition) is 0. The molecule has 0 aromatic heterocycles. The fraction of sp³-hybridized carbons (Fsp3) is 0.444. The normalized spacial score (nSPS) is 21.3. The van der Waals surface area contributed by atoms with Crippen LogP contribution in [0.4, 0.5) is 4.39 Å². The zero-order valence-electron chi connectivity index (χ0n) is 14.4. The molecule has 0 radical (unpaired) electrons. The maximum Gasteiger partial charge on any atom is 0.331 e. The highest BCUT2D eigenvalue weighted by atomic mass is 35.5. The Morgan fingerprint density at radius 3 is 2.59 bits per heavy atom. The minimum Gasteiger partial charge on any atom is -0.452 e. The SMILES string of the molecule is O=C(/C=C/c1c(F)cccc1Cl)OCC(=O)N(C1CC1)[C@H]1CCS(=O)(=O)C1. The molecular formula is C18H19ClFNO5S. The smallest absolute Gasteiger partial charge is 0.331 e. The van der Waals surface area contributed by atoms with Gasteiger partial charge in [-0.2, -0.15) is 0 Å². The molecule has 0 unspecified atom stereocenters. The van der Waals surface area contributed by atoms with Gasteiger partial charge in [0.05, 0.1) is 16.5 Å². The lowest BCUT2D eigenvalue weighted by molar-refractivity contribution is -0.149. The highest BCUT2D eigenvalue weighted by Crippen LogP contribution is 2.32. The third kappa shape index (κ3) is 5.07. The van der Waals surface area contributed by atoms with Crippen LogP contribution < -0.4 is 0 Å². The van der Waals surface area contributed by atoms with Crippen LogP contribution in [0.3, 0.4) is 0 Å². The van der Waals surface area contributed by atoms with Crippen LogP contribution in [0.5, 0.6) is 0 Å². The molecule has 1 saturated heterocycles. The van der Waals surface area contributed by atoms with Crippen molar-refractivity contribution in [2.75, 3.05) is 18.1 Å². The summed E-state index contributed by atoms with van der Waals surface area (Å²) in [6, 6.07) is 3.80. The Balaban J connectivity index is 1.57. The molecule has 0 bridgehead atoms. The van der Waals surface area contributed by atoms with E-state index in [1.54, 1.807) is 4.90 Å². The Morgan fingerprint density at radius 1 is 1.26 bits per heavy atom. The lowest BCUT2D eigenvalue weighted by Crippen LogP contribution is -2.44. The average Bonchev–Trinajstić information content (AvgIpc) is 3.36. The Kier molecular flexibility index (Phi) is 5.86. The number of ether oxygens (including phenoxy) is 1. The molecule has 2 aliphatic rings. The first-order valence-electron chi connectivity index (χ1n) is 8.57. The molecule has 1 aromatic rings. The van der Waals surface area contributed by atoms with Crippen molar-refractivity contribution >= 4 is 39.4 Å². The molecule has 2 fully saturated rings. The molecule has 1 heterocycles. The van der Waals surface area contributed by atoms with Gasteiger partial charge in [0.25, 0.3) is 5.91 Å². The first kappa shape index (κ1) is 19.8. The van der Waals surface area contributed by atoms with Gasteiger partial charge in [-0.3, -0.25) is 4.79 Å². The summed E-state index contributed by atoms with van der Waals surface area (Å²) in [5.74, 6) is -1.78. The summed E-state index contributed by atoms with van der Waals surface area (Å²) in [6.07, 6.45) is 4.24. The van der Waals surface area contributed by atoms with Crippen molar-refractivity contribution in [2.24, 2.45) is 0 Å². The molecule has 1 atom stereocenters. The number of carbonyl (C=O) groups excluding carboxylic acids is 2. The van der Waals surface area contributed by atoms with E-state index >= 15 is 0 Å². The second kappa shape index (κ2) is 7.98. The van der Waals surface area contributed by atoms with Gasteiger partial charge in [-0.25, -0.2) is 17.6 Å². The molecular weight excluding hydrogens is 397 g/mol. The van der Waals surface area contributed by atoms with Gasteiger partial charge in [0.1, 0.15) is 5.82 Å². The van der Waals surface area contributed by atoms with Crippen molar-refractivity contribution in [2.45, 2.75) is 31.3 Å². The van der Waals surface area contributed by atoms with Gasteiger partial charge in [0, 0.05) is 23.7 Å². The summed E-state index contributed by atoms with van der Waals surface area (Å²) in [7, 11) is -3.12. The quantitative estimate of drug-likeness (QED) is 0.525. The van der Waals surface area contributed by atoms with Crippen LogP contribution in [-0.4, -0.2) is 55.4 Å². The monoisotopic (exact) mass is 415 g/mol. The van der Waals surface area contributed by atoms with Crippen LogP contribution in [0.2, 0.25) is 5.02 Å². The van der Waals surface area contributed by atoms with E-state index in [9.17, 15) is 22.4 Å². The fourth-order valence-electron chi connectivity index (χ4n) is 3.13. The summed E-state index contributed by atoms with van der Waals surface area (Å²) >= 11 is 5.87. The van der Waals surface area contributed by atoms with Gasteiger partial charge in [-0.15, -0.1) is 0 Å². The van der Waals surface area contributed by atoms with Crippen LogP contribution >= 0.6 is 11.6 Å². The van der Waals surface area contributed by atoms with Crippen molar-refractivity contribution in [3.05, 3.63) is 40.7 Å². The van der Waals surface area contributed by atoms with Crippen LogP contribution in [-0.2, 0) is 24.2 Å². The lowest BCUT2D eigenvalue weighted by Gasteiger charge is -2.28. The Bertz CT molecular complexity index is 861. The maximum atomic E-state index is 13.7. The molecule has 6 nitrogen and oxygen atoms in total. The van der Waals surface area contributed by atoms with Crippen LogP contribution in [0.15, 0.2) is 24.3 Å². The third-order valence-corrected chi connectivity index (χ3v) is 6.63. The molecule has 0 N–H and O–H groups in total. The number of halogens is 2. The van der Waals surface area contributed by atoms with E-state index in [0.717, 1.165) is 18.9 Å². The molecule has 9 heteroatoms. The molecule has 0 spiro atoms. The van der Waals surface area contributed by atoms with Crippen molar-refractivity contribution in [1.82, 2.24) is 4.90 Å². The number of esters is 1. The Morgan fingerprint density at radius 2 is 2.00 bits per heavy atom. The predicted octanol–water partition coefficient (Wildman–Crippen LogP) is 2.21. The molecule has 27 heavy (non-hydrogen) atoms. The van der Waals surface area contributed by atoms with E-state index in [1.807, 2.05) is 0 Å². The predicted molar refractivity (Wildman–Crippen MR) is 98.3 cm³/mol. The standard InChI is InChI=1S/C18H19ClFNO5S/c19-15-2-1-3-16(20)14(15)6-7-18(23)26-10-17(22)21(12-4-5-12)13-8-9-27(24,25)11-13/h1-3,6-7,12-13H,4-5,8-11H2/b7-6+/t13-/m0/s1. The minimum absolute atomic E-state index is 0.0160. The number of nitrogens with zero attached hydrogens (tertiary/aromatic N) is 1. The van der Waals surface area contributed by atoms with Gasteiger partial charge in [-0.1, -0.05) is 17.7 Å². The van der Waals surface area contributed by atoms with Crippen LogP contribution in [0.1, 0.15) is 24.8 Å². The van der Waals surface area contributed by atoms with Crippen LogP contribution in [0, 0.1) is 5.82 Å². The molecule has 1 aliphatic heterocycles. The highest BCUT2D eigenvalue weighted by Gasteiger charge is 2.42. The molecule has 1 aromatic carbocycles. The van der Waals surface area contributed by atoms with Crippen molar-refractivity contribution < 1.29 is 27.1 Å². The number of carbonyl (C=O) groups is 2. The molecule has 1 aliphatic carbocycles. The second-order valence-electron chi connectivity index (χ2n) is 6.67. The molecule has 1 saturated carbocycles. The van der Waals surface area contributed by atoms with Gasteiger partial charge < -0.3 is 9.64 Å². The van der Waals surface area contributed by atoms with E-state index in [4.69, 9.17) is 16.3 Å². The summed E-state index contributed by atoms with van der Waals surface area (Å²) < 4.78 is 42.0. The largest absolute Gasteiger partial charge is 0.452 e. The van der Waals surface area contributed by atoms with Crippen molar-refractivity contribution in [1.29, 1.82) is 0 Å². The summed E-state index contributed by atoms with van der Waals surface area (Å²) in [5, 5.41) is 0.150. The lowest BCUT2D eigenvalue weighted by atomic mass is 10.2. The number of benzene rings is 1. The summed E-state index contributed by atoms with van der Waals surface area (Å²) in [5.41, 5.74) is 0.0539. The van der Waals surface area contributed by atoms with Gasteiger partial charge >= 0.3 is 5.97 Å². The van der Waals surface area contributed by atoms with Gasteiger partial charge in [-0.05, 0) is 37.5 Å². The van der Waals surface area contributed by atoms with E-state index < -0.39 is 34.1 Å². The minimum atomic E-state index is -3.12. The molecule has 146 valence electrons. The van der Waals surface area contributed by atoms with Crippen molar-refractivity contribution in [3.63, 3.8) is 0 Å². The third-order valence-electron chi connectivity index (χ3n) is 4.55. The zero-order valence-corrected chi connectivity index (χ0v) is 16.0. The summed E-state index contributed by atoms with van der Waals surface area (Å²) in [4.78, 5) is 25.8. The topological polar surface area (TPSA) is 80.8 Å². The van der Waals surface area contributed by atoms with E-state index in [-0.39, 0.29) is 34.2 Å². The Labute approximate surface area is 161 Å². The van der Waals surface area contributed by atoms with Crippen LogP contribution in [0.25, 0.3) is 6.08 Å². The number of sulfone groups is 1. The zero-order chi connectivity index (χ0) is 19.6. The first-order valence-corrected chi connectivity index (χ1v) is 10.8. The maximum absolute atomic E-state index is 13.7. The van der Waals surface area contributed by atoms with E-state index in [2.05, 4.69) is 0 Å². The van der Waals surface area contributed by atoms with Gasteiger partial charge in [0.15, 0.2) is 16.4 Å². The number of rotatable bonds is 6. The fourth-order valence-corrected chi connectivity index (χ4v) is 5.07. The Hall–Kier alpha value is -1.93. The highest BCUT2D eigenvalue weighted by molar-refractivity contribution is 7.91.